The third-order valence-corrected chi connectivity index (χ3v) is 4.41. The van der Waals surface area contributed by atoms with Crippen LogP contribution in [0.1, 0.15) is 43.7 Å². The molecule has 5 heteroatoms. The van der Waals surface area contributed by atoms with Gasteiger partial charge in [-0.1, -0.05) is 56.0 Å². The molecule has 0 aliphatic heterocycles. The Balaban J connectivity index is 2.35. The summed E-state index contributed by atoms with van der Waals surface area (Å²) >= 11 is 12.0. The summed E-state index contributed by atoms with van der Waals surface area (Å²) in [6.07, 6.45) is 5.17. The molecule has 1 aromatic heterocycles. The molecule has 0 aliphatic rings. The van der Waals surface area contributed by atoms with Crippen molar-refractivity contribution in [1.29, 1.82) is 0 Å². The molecular weight excluding hydrogens is 347 g/mol. The summed E-state index contributed by atoms with van der Waals surface area (Å²) in [6, 6.07) is 3.41. The number of halogens is 2. The lowest BCUT2D eigenvalue weighted by atomic mass is 10.0. The number of hydrogen-bond acceptors (Lipinski definition) is 3. The van der Waals surface area contributed by atoms with Crippen LogP contribution in [0.4, 0.5) is 0 Å². The van der Waals surface area contributed by atoms with Gasteiger partial charge in [0.25, 0.3) is 0 Å². The summed E-state index contributed by atoms with van der Waals surface area (Å²) < 4.78 is 11.0. The molecule has 2 rings (SSSR count). The maximum atomic E-state index is 12.3. The van der Waals surface area contributed by atoms with E-state index in [1.54, 1.807) is 12.1 Å². The highest BCUT2D eigenvalue weighted by Gasteiger charge is 2.14. The van der Waals surface area contributed by atoms with Crippen LogP contribution in [0.15, 0.2) is 33.0 Å². The molecule has 0 saturated carbocycles. The van der Waals surface area contributed by atoms with Gasteiger partial charge in [-0.3, -0.25) is 0 Å². The normalized spacial score (nSPS) is 11.0. The van der Waals surface area contributed by atoms with E-state index >= 15 is 0 Å². The lowest BCUT2D eigenvalue weighted by Gasteiger charge is -2.11. The molecule has 3 nitrogen and oxygen atoms in total. The van der Waals surface area contributed by atoms with Crippen molar-refractivity contribution >= 4 is 34.2 Å². The first kappa shape index (κ1) is 18.9. The van der Waals surface area contributed by atoms with Gasteiger partial charge in [-0.15, -0.1) is 0 Å². The van der Waals surface area contributed by atoms with E-state index < -0.39 is 0 Å². The number of unbranched alkanes of at least 4 members (excludes halogenated alkanes) is 3. The number of ether oxygens (including phenoxy) is 1. The van der Waals surface area contributed by atoms with E-state index in [0.717, 1.165) is 35.8 Å². The monoisotopic (exact) mass is 368 g/mol. The second kappa shape index (κ2) is 8.59. The fraction of sp³-hybridized carbons (Fsp3) is 0.421. The van der Waals surface area contributed by atoms with Crippen molar-refractivity contribution in [1.82, 2.24) is 0 Å². The second-order valence-corrected chi connectivity index (χ2v) is 6.83. The summed E-state index contributed by atoms with van der Waals surface area (Å²) in [5.74, 6) is 0.421. The molecule has 0 saturated heterocycles. The van der Waals surface area contributed by atoms with Gasteiger partial charge in [0, 0.05) is 22.0 Å². The molecule has 130 valence electrons. The van der Waals surface area contributed by atoms with E-state index in [0.29, 0.717) is 21.4 Å². The zero-order valence-electron chi connectivity index (χ0n) is 14.1. The van der Waals surface area contributed by atoms with Crippen LogP contribution in [0, 0.1) is 6.92 Å². The van der Waals surface area contributed by atoms with Gasteiger partial charge in [0.2, 0.25) is 0 Å². The minimum absolute atomic E-state index is 0.144. The molecule has 24 heavy (non-hydrogen) atoms. The molecule has 0 fully saturated rings. The Kier molecular flexibility index (Phi) is 6.76. The molecule has 1 heterocycles. The lowest BCUT2D eigenvalue weighted by molar-refractivity contribution is 0.359. The van der Waals surface area contributed by atoms with Gasteiger partial charge in [-0.25, -0.2) is 4.79 Å². The van der Waals surface area contributed by atoms with Gasteiger partial charge >= 0.3 is 5.63 Å². The SMILES string of the molecule is C=C(Cl)COc1cc2oc(=O)c(CCCCCC)c(C)c2cc1Cl. The van der Waals surface area contributed by atoms with Gasteiger partial charge in [0.15, 0.2) is 0 Å². The molecular formula is C19H22Cl2O3. The largest absolute Gasteiger partial charge is 0.486 e. The quantitative estimate of drug-likeness (QED) is 0.423. The highest BCUT2D eigenvalue weighted by Crippen LogP contribution is 2.32. The Hall–Kier alpha value is -1.45. The summed E-state index contributed by atoms with van der Waals surface area (Å²) in [6.45, 7) is 7.81. The predicted octanol–water partition coefficient (Wildman–Crippen LogP) is 6.01. The zero-order chi connectivity index (χ0) is 17.7. The third-order valence-electron chi connectivity index (χ3n) is 4.00. The molecule has 0 N–H and O–H groups in total. The standard InChI is InChI=1S/C19H22Cl2O3/c1-4-5-6-7-8-14-13(3)15-9-16(21)18(23-11-12(2)20)10-17(15)24-19(14)22/h9-10H,2,4-8,11H2,1,3H3. The topological polar surface area (TPSA) is 39.4 Å². The van der Waals surface area contributed by atoms with Crippen LogP contribution >= 0.6 is 23.2 Å². The summed E-state index contributed by atoms with van der Waals surface area (Å²) in [5, 5.41) is 1.66. The molecule has 2 aromatic rings. The van der Waals surface area contributed by atoms with Crippen LogP contribution in [0.2, 0.25) is 5.02 Å². The van der Waals surface area contributed by atoms with Crippen LogP contribution in [-0.2, 0) is 6.42 Å². The van der Waals surface area contributed by atoms with E-state index in [2.05, 4.69) is 13.5 Å². The van der Waals surface area contributed by atoms with Crippen LogP contribution in [0.25, 0.3) is 11.0 Å². The Bertz CT molecular complexity index is 793. The second-order valence-electron chi connectivity index (χ2n) is 5.89. The van der Waals surface area contributed by atoms with Gasteiger partial charge < -0.3 is 9.15 Å². The van der Waals surface area contributed by atoms with Crippen LogP contribution < -0.4 is 10.4 Å². The highest BCUT2D eigenvalue weighted by molar-refractivity contribution is 6.33. The van der Waals surface area contributed by atoms with Crippen molar-refractivity contribution in [3.05, 3.63) is 50.3 Å². The smallest absolute Gasteiger partial charge is 0.339 e. The number of rotatable bonds is 8. The van der Waals surface area contributed by atoms with Crippen molar-refractivity contribution < 1.29 is 9.15 Å². The molecule has 0 radical (unpaired) electrons. The first-order valence-electron chi connectivity index (χ1n) is 8.16. The number of hydrogen-bond donors (Lipinski definition) is 0. The predicted molar refractivity (Wildman–Crippen MR) is 101 cm³/mol. The number of benzene rings is 1. The van der Waals surface area contributed by atoms with E-state index in [4.69, 9.17) is 32.4 Å². The van der Waals surface area contributed by atoms with E-state index in [1.165, 1.54) is 12.8 Å². The van der Waals surface area contributed by atoms with Crippen molar-refractivity contribution in [2.24, 2.45) is 0 Å². The van der Waals surface area contributed by atoms with Crippen LogP contribution in [0.5, 0.6) is 5.75 Å². The number of fused-ring (bicyclic) bond motifs is 1. The molecule has 1 aromatic carbocycles. The molecule has 0 spiro atoms. The van der Waals surface area contributed by atoms with E-state index in [9.17, 15) is 4.79 Å². The maximum absolute atomic E-state index is 12.3. The van der Waals surface area contributed by atoms with Crippen molar-refractivity contribution in [3.63, 3.8) is 0 Å². The van der Waals surface area contributed by atoms with Gasteiger partial charge in [0.05, 0.1) is 5.02 Å². The number of aryl methyl sites for hydroxylation is 1. The lowest BCUT2D eigenvalue weighted by Crippen LogP contribution is -2.10. The minimum atomic E-state index is -0.286. The Labute approximate surface area is 152 Å². The summed E-state index contributed by atoms with van der Waals surface area (Å²) in [4.78, 5) is 12.3. The molecule has 0 amide bonds. The fourth-order valence-electron chi connectivity index (χ4n) is 2.67. The zero-order valence-corrected chi connectivity index (χ0v) is 15.6. The van der Waals surface area contributed by atoms with Crippen molar-refractivity contribution in [3.8, 4) is 5.75 Å². The summed E-state index contributed by atoms with van der Waals surface area (Å²) in [7, 11) is 0. The first-order chi connectivity index (χ1) is 11.4. The molecule has 0 atom stereocenters. The average Bonchev–Trinajstić information content (AvgIpc) is 2.53. The Morgan fingerprint density at radius 2 is 2.04 bits per heavy atom. The Morgan fingerprint density at radius 1 is 1.29 bits per heavy atom. The van der Waals surface area contributed by atoms with E-state index in [-0.39, 0.29) is 12.2 Å². The van der Waals surface area contributed by atoms with Crippen LogP contribution in [-0.4, -0.2) is 6.61 Å². The summed E-state index contributed by atoms with van der Waals surface area (Å²) in [5.41, 5.74) is 1.84. The van der Waals surface area contributed by atoms with Gasteiger partial charge in [-0.05, 0) is 31.4 Å². The third kappa shape index (κ3) is 4.55. The van der Waals surface area contributed by atoms with E-state index in [1.807, 2.05) is 6.92 Å². The van der Waals surface area contributed by atoms with Crippen molar-refractivity contribution in [2.45, 2.75) is 46.0 Å². The fourth-order valence-corrected chi connectivity index (χ4v) is 2.95. The minimum Gasteiger partial charge on any atom is -0.486 e. The maximum Gasteiger partial charge on any atom is 0.339 e. The van der Waals surface area contributed by atoms with Gasteiger partial charge in [-0.2, -0.15) is 0 Å². The average molecular weight is 369 g/mol. The highest BCUT2D eigenvalue weighted by atomic mass is 35.5. The van der Waals surface area contributed by atoms with Gasteiger partial charge in [0.1, 0.15) is 17.9 Å². The molecule has 0 bridgehead atoms. The molecule has 0 unspecified atom stereocenters. The van der Waals surface area contributed by atoms with Crippen molar-refractivity contribution in [2.75, 3.05) is 6.61 Å². The Morgan fingerprint density at radius 3 is 2.71 bits per heavy atom. The first-order valence-corrected chi connectivity index (χ1v) is 8.91. The molecule has 0 aliphatic carbocycles. The van der Waals surface area contributed by atoms with Crippen LogP contribution in [0.3, 0.4) is 0 Å².